The number of aliphatic hydroxyl groups is 1. The lowest BCUT2D eigenvalue weighted by molar-refractivity contribution is -0.140. The zero-order chi connectivity index (χ0) is 12.6. The Kier molecular flexibility index (Phi) is 2.94. The largest absolute Gasteiger partial charge is 0.480 e. The van der Waals surface area contributed by atoms with Crippen LogP contribution in [0.25, 0.3) is 0 Å². The zero-order valence-electron chi connectivity index (χ0n) is 8.78. The van der Waals surface area contributed by atoms with Crippen molar-refractivity contribution in [3.8, 4) is 0 Å². The predicted octanol–water partition coefficient (Wildman–Crippen LogP) is -0.777. The van der Waals surface area contributed by atoms with E-state index in [-0.39, 0.29) is 17.9 Å². The second-order valence-corrected chi connectivity index (χ2v) is 5.76. The molecular weight excluding hydrogens is 248 g/mol. The average molecular weight is 260 g/mol. The lowest BCUT2D eigenvalue weighted by Gasteiger charge is -2.19. The van der Waals surface area contributed by atoms with Gasteiger partial charge in [-0.05, 0) is 6.07 Å². The van der Waals surface area contributed by atoms with Gasteiger partial charge in [-0.25, -0.2) is 8.42 Å². The highest BCUT2D eigenvalue weighted by molar-refractivity contribution is 7.89. The Morgan fingerprint density at radius 3 is 2.76 bits per heavy atom. The van der Waals surface area contributed by atoms with E-state index in [1.54, 1.807) is 0 Å². The molecule has 0 bridgehead atoms. The summed E-state index contributed by atoms with van der Waals surface area (Å²) in [5.41, 5.74) is 0. The van der Waals surface area contributed by atoms with Crippen molar-refractivity contribution in [2.45, 2.75) is 23.5 Å². The van der Waals surface area contributed by atoms with Gasteiger partial charge in [-0.1, -0.05) is 0 Å². The molecule has 0 aromatic carbocycles. The molecule has 1 aliphatic rings. The number of aromatic amines is 1. The van der Waals surface area contributed by atoms with E-state index in [2.05, 4.69) is 4.98 Å². The van der Waals surface area contributed by atoms with Crippen LogP contribution in [-0.4, -0.2) is 52.6 Å². The average Bonchev–Trinajstić information content (AvgIpc) is 2.84. The molecule has 1 aromatic heterocycles. The molecule has 0 saturated carbocycles. The summed E-state index contributed by atoms with van der Waals surface area (Å²) < 4.78 is 25.0. The van der Waals surface area contributed by atoms with Crippen LogP contribution in [0.4, 0.5) is 0 Å². The predicted molar refractivity (Wildman–Crippen MR) is 56.7 cm³/mol. The molecule has 3 N–H and O–H groups in total. The molecule has 2 atom stereocenters. The molecule has 2 rings (SSSR count). The Labute approximate surface area is 97.7 Å². The molecule has 0 amide bonds. The molecule has 0 unspecified atom stereocenters. The van der Waals surface area contributed by atoms with Gasteiger partial charge in [0.05, 0.1) is 11.0 Å². The number of hydrogen-bond acceptors (Lipinski definition) is 4. The molecule has 1 aliphatic heterocycles. The first-order chi connectivity index (χ1) is 7.93. The van der Waals surface area contributed by atoms with E-state index in [1.165, 1.54) is 18.5 Å². The summed E-state index contributed by atoms with van der Waals surface area (Å²) in [4.78, 5) is 13.5. The van der Waals surface area contributed by atoms with Gasteiger partial charge in [-0.2, -0.15) is 4.31 Å². The number of rotatable bonds is 3. The number of aromatic nitrogens is 1. The molecule has 17 heavy (non-hydrogen) atoms. The number of aliphatic hydroxyl groups excluding tert-OH is 1. The minimum absolute atomic E-state index is 0.00199. The van der Waals surface area contributed by atoms with Gasteiger partial charge in [-0.15, -0.1) is 0 Å². The molecule has 0 radical (unpaired) electrons. The number of carboxylic acid groups (broad SMARTS) is 1. The maximum Gasteiger partial charge on any atom is 0.322 e. The van der Waals surface area contributed by atoms with Gasteiger partial charge in [0.2, 0.25) is 10.0 Å². The maximum atomic E-state index is 12.1. The second-order valence-electron chi connectivity index (χ2n) is 3.86. The van der Waals surface area contributed by atoms with Gasteiger partial charge in [0.1, 0.15) is 6.04 Å². The van der Waals surface area contributed by atoms with Gasteiger partial charge >= 0.3 is 5.97 Å². The van der Waals surface area contributed by atoms with E-state index in [1.807, 2.05) is 0 Å². The lowest BCUT2D eigenvalue weighted by atomic mass is 10.2. The molecule has 7 nitrogen and oxygen atoms in total. The van der Waals surface area contributed by atoms with Crippen molar-refractivity contribution in [2.75, 3.05) is 6.54 Å². The van der Waals surface area contributed by atoms with Crippen LogP contribution >= 0.6 is 0 Å². The zero-order valence-corrected chi connectivity index (χ0v) is 9.59. The number of aliphatic carboxylic acids is 1. The normalized spacial score (nSPS) is 26.2. The van der Waals surface area contributed by atoms with Crippen LogP contribution in [0.15, 0.2) is 23.4 Å². The first-order valence-corrected chi connectivity index (χ1v) is 6.42. The van der Waals surface area contributed by atoms with Crippen LogP contribution in [0, 0.1) is 0 Å². The van der Waals surface area contributed by atoms with E-state index in [0.717, 1.165) is 4.31 Å². The first-order valence-electron chi connectivity index (χ1n) is 4.98. The van der Waals surface area contributed by atoms with Crippen molar-refractivity contribution in [2.24, 2.45) is 0 Å². The molecule has 0 spiro atoms. The number of β-amino-alcohol motifs (C(OH)–C–C–N with tert-alkyl or cyclic N) is 1. The fraction of sp³-hybridized carbons (Fsp3) is 0.444. The van der Waals surface area contributed by atoms with Gasteiger partial charge in [-0.3, -0.25) is 4.79 Å². The summed E-state index contributed by atoms with van der Waals surface area (Å²) >= 11 is 0. The SMILES string of the molecule is O=C(O)[C@H]1C[C@@H](O)CN1S(=O)(=O)c1cc[nH]c1. The minimum Gasteiger partial charge on any atom is -0.480 e. The van der Waals surface area contributed by atoms with Crippen molar-refractivity contribution in [3.63, 3.8) is 0 Å². The highest BCUT2D eigenvalue weighted by Crippen LogP contribution is 2.26. The number of carboxylic acids is 1. The first kappa shape index (κ1) is 12.1. The smallest absolute Gasteiger partial charge is 0.322 e. The summed E-state index contributed by atoms with van der Waals surface area (Å²) in [6, 6.07) is 0.142. The van der Waals surface area contributed by atoms with Crippen LogP contribution < -0.4 is 0 Å². The number of carbonyl (C=O) groups is 1. The van der Waals surface area contributed by atoms with Gasteiger partial charge in [0, 0.05) is 25.4 Å². The standard InChI is InChI=1S/C9H12N2O5S/c12-6-3-8(9(13)14)11(5-6)17(15,16)7-1-2-10-4-7/h1-2,4,6,8,10,12H,3,5H2,(H,13,14)/t6-,8-/m1/s1. The molecular formula is C9H12N2O5S. The number of sulfonamides is 1. The van der Waals surface area contributed by atoms with Crippen LogP contribution in [0.3, 0.4) is 0 Å². The van der Waals surface area contributed by atoms with Crippen LogP contribution in [0.5, 0.6) is 0 Å². The molecule has 8 heteroatoms. The molecule has 94 valence electrons. The van der Waals surface area contributed by atoms with Crippen molar-refractivity contribution in [1.29, 1.82) is 0 Å². The third-order valence-corrected chi connectivity index (χ3v) is 4.57. The lowest BCUT2D eigenvalue weighted by Crippen LogP contribution is -2.40. The van der Waals surface area contributed by atoms with Gasteiger partial charge < -0.3 is 15.2 Å². The molecule has 1 saturated heterocycles. The number of nitrogens with one attached hydrogen (secondary N) is 1. The summed E-state index contributed by atoms with van der Waals surface area (Å²) in [5, 5.41) is 18.3. The molecule has 0 aliphatic carbocycles. The van der Waals surface area contributed by atoms with Crippen molar-refractivity contribution in [3.05, 3.63) is 18.5 Å². The minimum atomic E-state index is -3.86. The molecule has 1 aromatic rings. The van der Waals surface area contributed by atoms with Gasteiger partial charge in [0.25, 0.3) is 0 Å². The van der Waals surface area contributed by atoms with E-state index in [0.29, 0.717) is 0 Å². The number of nitrogens with zero attached hydrogens (tertiary/aromatic N) is 1. The van der Waals surface area contributed by atoms with Crippen molar-refractivity contribution >= 4 is 16.0 Å². The monoisotopic (exact) mass is 260 g/mol. The van der Waals surface area contributed by atoms with Gasteiger partial charge in [0.15, 0.2) is 0 Å². The number of H-pyrrole nitrogens is 1. The molecule has 2 heterocycles. The Morgan fingerprint density at radius 1 is 1.53 bits per heavy atom. The third kappa shape index (κ3) is 2.06. The van der Waals surface area contributed by atoms with Crippen LogP contribution in [0.1, 0.15) is 6.42 Å². The quantitative estimate of drug-likeness (QED) is 0.660. The topological polar surface area (TPSA) is 111 Å². The highest BCUT2D eigenvalue weighted by Gasteiger charge is 2.43. The van der Waals surface area contributed by atoms with Crippen LogP contribution in [-0.2, 0) is 14.8 Å². The summed E-state index contributed by atoms with van der Waals surface area (Å²) in [7, 11) is -3.86. The van der Waals surface area contributed by atoms with E-state index in [9.17, 15) is 18.3 Å². The Bertz CT molecular complexity index is 509. The number of hydrogen-bond donors (Lipinski definition) is 3. The Hall–Kier alpha value is -1.38. The van der Waals surface area contributed by atoms with E-state index >= 15 is 0 Å². The fourth-order valence-corrected chi connectivity index (χ4v) is 3.49. The van der Waals surface area contributed by atoms with Crippen molar-refractivity contribution in [1.82, 2.24) is 9.29 Å². The van der Waals surface area contributed by atoms with E-state index in [4.69, 9.17) is 5.11 Å². The van der Waals surface area contributed by atoms with E-state index < -0.39 is 28.1 Å². The fourth-order valence-electron chi connectivity index (χ4n) is 1.88. The van der Waals surface area contributed by atoms with Crippen molar-refractivity contribution < 1.29 is 23.4 Å². The highest BCUT2D eigenvalue weighted by atomic mass is 32.2. The van der Waals surface area contributed by atoms with Crippen LogP contribution in [0.2, 0.25) is 0 Å². The second kappa shape index (κ2) is 4.13. The Balaban J connectivity index is 2.36. The third-order valence-electron chi connectivity index (χ3n) is 2.69. The molecule has 1 fully saturated rings. The summed E-state index contributed by atoms with van der Waals surface area (Å²) in [6.07, 6.45) is 1.69. The summed E-state index contributed by atoms with van der Waals surface area (Å²) in [6.45, 7) is -0.190. The maximum absolute atomic E-state index is 12.1. The Morgan fingerprint density at radius 2 is 2.24 bits per heavy atom. The summed E-state index contributed by atoms with van der Waals surface area (Å²) in [5.74, 6) is -1.25.